The van der Waals surface area contributed by atoms with Crippen LogP contribution in [0.15, 0.2) is 24.5 Å². The van der Waals surface area contributed by atoms with Crippen molar-refractivity contribution in [1.29, 1.82) is 0 Å². The van der Waals surface area contributed by atoms with E-state index < -0.39 is 0 Å². The van der Waals surface area contributed by atoms with Gasteiger partial charge in [-0.3, -0.25) is 4.79 Å². The van der Waals surface area contributed by atoms with Crippen LogP contribution >= 0.6 is 0 Å². The highest BCUT2D eigenvalue weighted by Crippen LogP contribution is 2.16. The summed E-state index contributed by atoms with van der Waals surface area (Å²) in [6, 6.07) is 3.04. The van der Waals surface area contributed by atoms with Gasteiger partial charge in [-0.15, -0.1) is 0 Å². The maximum absolute atomic E-state index is 11.1. The highest BCUT2D eigenvalue weighted by molar-refractivity contribution is 6.00. The first kappa shape index (κ1) is 7.79. The van der Waals surface area contributed by atoms with Crippen LogP contribution in [0.3, 0.4) is 0 Å². The molecule has 0 saturated heterocycles. The summed E-state index contributed by atoms with van der Waals surface area (Å²) < 4.78 is 1.55. The van der Waals surface area contributed by atoms with Gasteiger partial charge in [-0.2, -0.15) is 5.10 Å². The van der Waals surface area contributed by atoms with Crippen LogP contribution in [0.2, 0.25) is 0 Å². The van der Waals surface area contributed by atoms with E-state index in [9.17, 15) is 9.90 Å². The van der Waals surface area contributed by atoms with E-state index in [1.165, 1.54) is 25.3 Å². The van der Waals surface area contributed by atoms with Crippen LogP contribution in [-0.2, 0) is 0 Å². The van der Waals surface area contributed by atoms with Crippen molar-refractivity contribution in [2.75, 3.05) is 0 Å². The van der Waals surface area contributed by atoms with Crippen LogP contribution in [0.4, 0.5) is 0 Å². The standard InChI is InChI=1S/C9H8N2O2/c1-6(12)8-5-10-11-3-2-7(13)4-9(8)11/h2-5,13H,1H3. The Bertz CT molecular complexity index is 473. The van der Waals surface area contributed by atoms with Gasteiger partial charge in [0.2, 0.25) is 0 Å². The minimum atomic E-state index is -0.0550. The van der Waals surface area contributed by atoms with E-state index in [0.29, 0.717) is 11.1 Å². The molecule has 0 fully saturated rings. The Morgan fingerprint density at radius 2 is 2.38 bits per heavy atom. The number of nitrogens with zero attached hydrogens (tertiary/aromatic N) is 2. The Labute approximate surface area is 74.4 Å². The lowest BCUT2D eigenvalue weighted by molar-refractivity contribution is 0.101. The number of pyridine rings is 1. The summed E-state index contributed by atoms with van der Waals surface area (Å²) in [5.74, 6) is 0.0797. The molecule has 0 aliphatic rings. The van der Waals surface area contributed by atoms with Crippen LogP contribution in [0, 0.1) is 0 Å². The van der Waals surface area contributed by atoms with Gasteiger partial charge in [0.15, 0.2) is 5.78 Å². The molecule has 2 rings (SSSR count). The molecular formula is C9H8N2O2. The van der Waals surface area contributed by atoms with Gasteiger partial charge in [-0.1, -0.05) is 0 Å². The largest absolute Gasteiger partial charge is 0.508 e. The predicted octanol–water partition coefficient (Wildman–Crippen LogP) is 1.24. The number of carbonyl (C=O) groups excluding carboxylic acids is 1. The lowest BCUT2D eigenvalue weighted by Gasteiger charge is -1.95. The molecule has 2 heterocycles. The van der Waals surface area contributed by atoms with E-state index in [1.807, 2.05) is 0 Å². The first-order valence-corrected chi connectivity index (χ1v) is 3.86. The van der Waals surface area contributed by atoms with E-state index in [-0.39, 0.29) is 11.5 Å². The third-order valence-corrected chi connectivity index (χ3v) is 1.88. The molecule has 0 aliphatic heterocycles. The smallest absolute Gasteiger partial charge is 0.163 e. The molecule has 2 aromatic heterocycles. The summed E-state index contributed by atoms with van der Waals surface area (Å²) in [6.07, 6.45) is 3.11. The summed E-state index contributed by atoms with van der Waals surface area (Å²) in [5, 5.41) is 13.2. The SMILES string of the molecule is CC(=O)c1cnn2ccc(O)cc12. The summed E-state index contributed by atoms with van der Waals surface area (Å²) in [5.41, 5.74) is 1.16. The molecule has 1 N–H and O–H groups in total. The van der Waals surface area contributed by atoms with Crippen LogP contribution in [0.25, 0.3) is 5.52 Å². The number of hydrogen-bond acceptors (Lipinski definition) is 3. The van der Waals surface area contributed by atoms with Crippen molar-refractivity contribution < 1.29 is 9.90 Å². The molecule has 0 aliphatic carbocycles. The van der Waals surface area contributed by atoms with Crippen molar-refractivity contribution in [2.24, 2.45) is 0 Å². The molecule has 0 spiro atoms. The number of hydrogen-bond donors (Lipinski definition) is 1. The molecule has 0 atom stereocenters. The van der Waals surface area contributed by atoms with E-state index in [0.717, 1.165) is 0 Å². The fourth-order valence-electron chi connectivity index (χ4n) is 1.24. The van der Waals surface area contributed by atoms with E-state index in [2.05, 4.69) is 5.10 Å². The molecule has 0 unspecified atom stereocenters. The Hall–Kier alpha value is -1.84. The number of fused-ring (bicyclic) bond motifs is 1. The molecule has 66 valence electrons. The average Bonchev–Trinajstić information content (AvgIpc) is 2.46. The van der Waals surface area contributed by atoms with Crippen LogP contribution < -0.4 is 0 Å². The fraction of sp³-hybridized carbons (Fsp3) is 0.111. The third kappa shape index (κ3) is 1.16. The van der Waals surface area contributed by atoms with Crippen molar-refractivity contribution in [3.63, 3.8) is 0 Å². The first-order chi connectivity index (χ1) is 6.18. The van der Waals surface area contributed by atoms with Gasteiger partial charge in [0.25, 0.3) is 0 Å². The topological polar surface area (TPSA) is 54.6 Å². The fourth-order valence-corrected chi connectivity index (χ4v) is 1.24. The molecule has 0 bridgehead atoms. The lowest BCUT2D eigenvalue weighted by Crippen LogP contribution is -1.91. The minimum Gasteiger partial charge on any atom is -0.508 e. The van der Waals surface area contributed by atoms with Gasteiger partial charge in [-0.05, 0) is 13.0 Å². The number of Topliss-reactive ketones (excluding diaryl/α,β-unsaturated/α-hetero) is 1. The van der Waals surface area contributed by atoms with Crippen molar-refractivity contribution in [1.82, 2.24) is 9.61 Å². The highest BCUT2D eigenvalue weighted by Gasteiger charge is 2.07. The van der Waals surface area contributed by atoms with Gasteiger partial charge in [0, 0.05) is 12.3 Å². The lowest BCUT2D eigenvalue weighted by atomic mass is 10.2. The van der Waals surface area contributed by atoms with Crippen molar-refractivity contribution in [2.45, 2.75) is 6.92 Å². The van der Waals surface area contributed by atoms with Gasteiger partial charge in [-0.25, -0.2) is 4.52 Å². The van der Waals surface area contributed by atoms with E-state index >= 15 is 0 Å². The molecule has 0 radical (unpaired) electrons. The summed E-state index contributed by atoms with van der Waals surface area (Å²) in [4.78, 5) is 11.1. The second kappa shape index (κ2) is 2.58. The molecule has 0 aromatic carbocycles. The highest BCUT2D eigenvalue weighted by atomic mass is 16.3. The molecular weight excluding hydrogens is 168 g/mol. The normalized spacial score (nSPS) is 10.5. The molecule has 4 nitrogen and oxygen atoms in total. The summed E-state index contributed by atoms with van der Waals surface area (Å²) >= 11 is 0. The van der Waals surface area contributed by atoms with Crippen LogP contribution in [-0.4, -0.2) is 20.5 Å². The number of aromatic hydroxyl groups is 1. The van der Waals surface area contributed by atoms with Gasteiger partial charge >= 0.3 is 0 Å². The average molecular weight is 176 g/mol. The Morgan fingerprint density at radius 3 is 3.08 bits per heavy atom. The zero-order valence-corrected chi connectivity index (χ0v) is 7.06. The van der Waals surface area contributed by atoms with Gasteiger partial charge in [0.05, 0.1) is 17.3 Å². The van der Waals surface area contributed by atoms with Crippen molar-refractivity contribution >= 4 is 11.3 Å². The Morgan fingerprint density at radius 1 is 1.62 bits per heavy atom. The monoisotopic (exact) mass is 176 g/mol. The molecule has 2 aromatic rings. The summed E-state index contributed by atoms with van der Waals surface area (Å²) in [6.45, 7) is 1.47. The zero-order valence-electron chi connectivity index (χ0n) is 7.06. The van der Waals surface area contributed by atoms with Crippen molar-refractivity contribution in [3.8, 4) is 5.75 Å². The minimum absolute atomic E-state index is 0.0550. The number of carbonyl (C=O) groups is 1. The zero-order chi connectivity index (χ0) is 9.42. The maximum atomic E-state index is 11.1. The number of ketones is 1. The molecule has 4 heteroatoms. The second-order valence-corrected chi connectivity index (χ2v) is 2.83. The van der Waals surface area contributed by atoms with Gasteiger partial charge in [0.1, 0.15) is 5.75 Å². The predicted molar refractivity (Wildman–Crippen MR) is 46.9 cm³/mol. The maximum Gasteiger partial charge on any atom is 0.163 e. The first-order valence-electron chi connectivity index (χ1n) is 3.86. The molecule has 0 amide bonds. The second-order valence-electron chi connectivity index (χ2n) is 2.83. The molecule has 0 saturated carbocycles. The van der Waals surface area contributed by atoms with Crippen molar-refractivity contribution in [3.05, 3.63) is 30.1 Å². The number of aromatic nitrogens is 2. The molecule has 13 heavy (non-hydrogen) atoms. The third-order valence-electron chi connectivity index (χ3n) is 1.88. The quantitative estimate of drug-likeness (QED) is 0.665. The van der Waals surface area contributed by atoms with Crippen LogP contribution in [0.1, 0.15) is 17.3 Å². The van der Waals surface area contributed by atoms with Gasteiger partial charge < -0.3 is 5.11 Å². The summed E-state index contributed by atoms with van der Waals surface area (Å²) in [7, 11) is 0. The number of rotatable bonds is 1. The van der Waals surface area contributed by atoms with E-state index in [1.54, 1.807) is 10.7 Å². The van der Waals surface area contributed by atoms with E-state index in [4.69, 9.17) is 0 Å². The van der Waals surface area contributed by atoms with Crippen LogP contribution in [0.5, 0.6) is 5.75 Å². The Balaban J connectivity index is 2.79. The Kier molecular flexibility index (Phi) is 1.55.